The highest BCUT2D eigenvalue weighted by atomic mass is 79.9. The van der Waals surface area contributed by atoms with Crippen molar-refractivity contribution in [3.05, 3.63) is 105 Å². The maximum absolute atomic E-state index is 3.82. The van der Waals surface area contributed by atoms with E-state index in [0.29, 0.717) is 5.92 Å². The van der Waals surface area contributed by atoms with Crippen LogP contribution < -0.4 is 0 Å². The summed E-state index contributed by atoms with van der Waals surface area (Å²) in [5.74, 6) is 0.363. The number of hydrogen-bond donors (Lipinski definition) is 0. The molecule has 0 nitrogen and oxygen atoms in total. The molecule has 0 saturated heterocycles. The third-order valence-electron chi connectivity index (χ3n) is 5.48. The number of halogens is 1. The van der Waals surface area contributed by atoms with Gasteiger partial charge in [0.25, 0.3) is 0 Å². The van der Waals surface area contributed by atoms with Crippen molar-refractivity contribution in [3.63, 3.8) is 0 Å². The molecule has 0 aliphatic heterocycles. The van der Waals surface area contributed by atoms with Crippen molar-refractivity contribution in [1.29, 1.82) is 0 Å². The van der Waals surface area contributed by atoms with Crippen LogP contribution in [0.3, 0.4) is 0 Å². The van der Waals surface area contributed by atoms with Gasteiger partial charge in [0.05, 0.1) is 0 Å². The van der Waals surface area contributed by atoms with Crippen LogP contribution >= 0.6 is 15.9 Å². The molecule has 3 aliphatic carbocycles. The fourth-order valence-corrected chi connectivity index (χ4v) is 5.41. The summed E-state index contributed by atoms with van der Waals surface area (Å²) in [6.45, 7) is 2.38. The highest BCUT2D eigenvalue weighted by molar-refractivity contribution is 9.10. The highest BCUT2D eigenvalue weighted by Crippen LogP contribution is 2.60. The van der Waals surface area contributed by atoms with Crippen LogP contribution in [0.15, 0.2) is 71.2 Å². The topological polar surface area (TPSA) is 0 Å². The van der Waals surface area contributed by atoms with E-state index in [2.05, 4.69) is 89.6 Å². The highest BCUT2D eigenvalue weighted by Gasteiger charge is 2.49. The number of rotatable bonds is 0. The molecule has 0 aromatic heterocycles. The van der Waals surface area contributed by atoms with Gasteiger partial charge in [-0.1, -0.05) is 76.6 Å². The average Bonchev–Trinajstić information content (AvgIpc) is 2.55. The van der Waals surface area contributed by atoms with Crippen molar-refractivity contribution in [1.82, 2.24) is 0 Å². The fourth-order valence-electron chi connectivity index (χ4n) is 4.63. The summed E-state index contributed by atoms with van der Waals surface area (Å²) < 4.78 is 1.22. The molecule has 2 bridgehead atoms. The Balaban J connectivity index is 2.01. The molecule has 0 saturated carbocycles. The monoisotopic (exact) mass is 346 g/mol. The minimum absolute atomic E-state index is 0.0721. The van der Waals surface area contributed by atoms with Crippen molar-refractivity contribution >= 4 is 15.9 Å². The lowest BCUT2D eigenvalue weighted by atomic mass is 9.54. The smallest absolute Gasteiger partial charge is 0.0443 e. The average molecular weight is 347 g/mol. The van der Waals surface area contributed by atoms with Gasteiger partial charge in [0.15, 0.2) is 0 Å². The van der Waals surface area contributed by atoms with Crippen LogP contribution in [0.1, 0.15) is 46.2 Å². The van der Waals surface area contributed by atoms with Crippen LogP contribution in [0.4, 0.5) is 0 Å². The van der Waals surface area contributed by atoms with E-state index in [1.807, 2.05) is 0 Å². The molecular weight excluding hydrogens is 332 g/mol. The minimum atomic E-state index is -0.0721. The Morgan fingerprint density at radius 1 is 0.727 bits per heavy atom. The summed E-state index contributed by atoms with van der Waals surface area (Å²) in [5.41, 5.74) is 8.67. The molecule has 106 valence electrons. The zero-order valence-corrected chi connectivity index (χ0v) is 13.9. The van der Waals surface area contributed by atoms with E-state index < -0.39 is 0 Å². The lowest BCUT2D eigenvalue weighted by Crippen LogP contribution is -2.40. The first kappa shape index (κ1) is 12.7. The van der Waals surface area contributed by atoms with Gasteiger partial charge in [-0.3, -0.25) is 0 Å². The molecule has 3 aromatic carbocycles. The Morgan fingerprint density at radius 3 is 1.91 bits per heavy atom. The van der Waals surface area contributed by atoms with Crippen LogP contribution in [0.2, 0.25) is 0 Å². The van der Waals surface area contributed by atoms with E-state index in [9.17, 15) is 0 Å². The van der Waals surface area contributed by atoms with Gasteiger partial charge in [-0.15, -0.1) is 0 Å². The fraction of sp³-hybridized carbons (Fsp3) is 0.143. The Bertz CT molecular complexity index is 875. The van der Waals surface area contributed by atoms with Gasteiger partial charge >= 0.3 is 0 Å². The number of hydrogen-bond acceptors (Lipinski definition) is 0. The molecule has 6 rings (SSSR count). The van der Waals surface area contributed by atoms with Crippen LogP contribution in [-0.4, -0.2) is 0 Å². The van der Waals surface area contributed by atoms with Crippen LogP contribution in [0, 0.1) is 0 Å². The SMILES string of the molecule is CC12c3ccccc3C(c3ccccc31)c1cccc(Br)c12. The molecular formula is C21H15Br. The molecule has 22 heavy (non-hydrogen) atoms. The summed E-state index contributed by atoms with van der Waals surface area (Å²) in [6.07, 6.45) is 0. The van der Waals surface area contributed by atoms with Gasteiger partial charge in [-0.2, -0.15) is 0 Å². The van der Waals surface area contributed by atoms with E-state index >= 15 is 0 Å². The van der Waals surface area contributed by atoms with E-state index in [0.717, 1.165) is 0 Å². The van der Waals surface area contributed by atoms with Crippen molar-refractivity contribution in [2.75, 3.05) is 0 Å². The van der Waals surface area contributed by atoms with Crippen molar-refractivity contribution < 1.29 is 0 Å². The van der Waals surface area contributed by atoms with E-state index in [-0.39, 0.29) is 5.41 Å². The molecule has 0 amide bonds. The second-order valence-electron chi connectivity index (χ2n) is 6.44. The third kappa shape index (κ3) is 1.30. The molecule has 0 N–H and O–H groups in total. The number of benzene rings is 3. The van der Waals surface area contributed by atoms with Crippen LogP contribution in [-0.2, 0) is 5.41 Å². The maximum Gasteiger partial charge on any atom is 0.0443 e. The predicted molar refractivity (Wildman–Crippen MR) is 93.5 cm³/mol. The predicted octanol–water partition coefficient (Wildman–Crippen LogP) is 5.61. The van der Waals surface area contributed by atoms with Crippen molar-refractivity contribution in [3.8, 4) is 0 Å². The van der Waals surface area contributed by atoms with Gasteiger partial charge in [-0.05, 0) is 46.4 Å². The Morgan fingerprint density at radius 2 is 1.27 bits per heavy atom. The first-order valence-corrected chi connectivity index (χ1v) is 8.50. The standard InChI is InChI=1S/C21H15Br/c1-21-16-10-4-2-7-13(16)19(14-8-3-5-11-17(14)21)15-9-6-12-18(22)20(15)21/h2-12,19H,1H3. The van der Waals surface area contributed by atoms with Crippen LogP contribution in [0.5, 0.6) is 0 Å². The summed E-state index contributed by atoms with van der Waals surface area (Å²) in [4.78, 5) is 0. The molecule has 0 fully saturated rings. The summed E-state index contributed by atoms with van der Waals surface area (Å²) in [6, 6.07) is 24.5. The lowest BCUT2D eigenvalue weighted by Gasteiger charge is -2.49. The quantitative estimate of drug-likeness (QED) is 0.496. The van der Waals surface area contributed by atoms with E-state index in [1.165, 1.54) is 37.9 Å². The zero-order valence-electron chi connectivity index (χ0n) is 12.3. The molecule has 0 heterocycles. The van der Waals surface area contributed by atoms with E-state index in [1.54, 1.807) is 0 Å². The minimum Gasteiger partial charge on any atom is -0.0619 e. The van der Waals surface area contributed by atoms with Crippen LogP contribution in [0.25, 0.3) is 0 Å². The summed E-state index contributed by atoms with van der Waals surface area (Å²) in [7, 11) is 0. The van der Waals surface area contributed by atoms with Gasteiger partial charge in [-0.25, -0.2) is 0 Å². The second-order valence-corrected chi connectivity index (χ2v) is 7.29. The summed E-state index contributed by atoms with van der Waals surface area (Å²) in [5, 5.41) is 0. The molecule has 1 heteroatoms. The first-order chi connectivity index (χ1) is 10.7. The van der Waals surface area contributed by atoms with Crippen molar-refractivity contribution in [2.24, 2.45) is 0 Å². The first-order valence-electron chi connectivity index (χ1n) is 7.70. The molecule has 0 unspecified atom stereocenters. The molecule has 3 aromatic rings. The van der Waals surface area contributed by atoms with Gasteiger partial charge in [0.1, 0.15) is 0 Å². The van der Waals surface area contributed by atoms with Crippen molar-refractivity contribution in [2.45, 2.75) is 18.3 Å². The Hall–Kier alpha value is -1.86. The molecule has 0 spiro atoms. The normalized spacial score (nSPS) is 23.6. The summed E-state index contributed by atoms with van der Waals surface area (Å²) >= 11 is 3.82. The molecule has 0 radical (unpaired) electrons. The second kappa shape index (κ2) is 4.11. The Kier molecular flexibility index (Phi) is 2.37. The largest absolute Gasteiger partial charge is 0.0619 e. The zero-order chi connectivity index (χ0) is 14.9. The Labute approximate surface area is 138 Å². The van der Waals surface area contributed by atoms with Gasteiger partial charge in [0.2, 0.25) is 0 Å². The van der Waals surface area contributed by atoms with Gasteiger partial charge < -0.3 is 0 Å². The maximum atomic E-state index is 3.82. The molecule has 3 aliphatic rings. The molecule has 0 atom stereocenters. The lowest BCUT2D eigenvalue weighted by molar-refractivity contribution is 0.590. The third-order valence-corrected chi connectivity index (χ3v) is 6.14. The van der Waals surface area contributed by atoms with E-state index in [4.69, 9.17) is 0 Å². The van der Waals surface area contributed by atoms with Gasteiger partial charge in [0, 0.05) is 15.8 Å².